The van der Waals surface area contributed by atoms with E-state index in [1.165, 1.54) is 0 Å². The van der Waals surface area contributed by atoms with E-state index in [1.807, 2.05) is 48.5 Å². The van der Waals surface area contributed by atoms with Crippen LogP contribution in [0.5, 0.6) is 5.75 Å². The molecule has 26 heavy (non-hydrogen) atoms. The summed E-state index contributed by atoms with van der Waals surface area (Å²) in [5, 5.41) is 4.81. The van der Waals surface area contributed by atoms with Crippen molar-refractivity contribution in [2.24, 2.45) is 0 Å². The Hall–Kier alpha value is -2.93. The molecule has 0 N–H and O–H groups in total. The highest BCUT2D eigenvalue weighted by molar-refractivity contribution is 9.10. The molecule has 2 aromatic carbocycles. The van der Waals surface area contributed by atoms with Crippen LogP contribution in [0.3, 0.4) is 0 Å². The number of methoxy groups -OCH3 is 1. The molecule has 0 aliphatic heterocycles. The second-order valence-corrected chi connectivity index (χ2v) is 6.68. The third-order valence-electron chi connectivity index (χ3n) is 4.14. The van der Waals surface area contributed by atoms with Crippen LogP contribution in [0.4, 0.5) is 0 Å². The lowest BCUT2D eigenvalue weighted by Crippen LogP contribution is -2.21. The molecule has 4 aromatic rings. The van der Waals surface area contributed by atoms with Gasteiger partial charge in [0.2, 0.25) is 0 Å². The molecule has 4 rings (SSSR count). The predicted molar refractivity (Wildman–Crippen MR) is 103 cm³/mol. The number of aromatic nitrogens is 4. The molecule has 0 saturated carbocycles. The molecule has 0 aliphatic rings. The summed E-state index contributed by atoms with van der Waals surface area (Å²) in [5.41, 5.74) is 2.15. The topological polar surface area (TPSA) is 61.9 Å². The maximum atomic E-state index is 12.9. The number of benzene rings is 2. The first-order valence-corrected chi connectivity index (χ1v) is 8.77. The molecule has 0 amide bonds. The summed E-state index contributed by atoms with van der Waals surface area (Å²) in [6, 6.07) is 15.3. The van der Waals surface area contributed by atoms with Crippen LogP contribution in [0.15, 0.2) is 70.3 Å². The van der Waals surface area contributed by atoms with E-state index in [0.717, 1.165) is 21.5 Å². The number of nitrogens with zero attached hydrogens (tertiary/aromatic N) is 4. The van der Waals surface area contributed by atoms with E-state index in [1.54, 1.807) is 28.9 Å². The van der Waals surface area contributed by atoms with Crippen molar-refractivity contribution >= 4 is 27.0 Å². The maximum Gasteiger partial charge on any atom is 0.264 e. The van der Waals surface area contributed by atoms with Crippen molar-refractivity contribution in [2.45, 2.75) is 6.54 Å². The van der Waals surface area contributed by atoms with Gasteiger partial charge in [-0.15, -0.1) is 0 Å². The number of halogens is 1. The smallest absolute Gasteiger partial charge is 0.264 e. The molecule has 0 atom stereocenters. The lowest BCUT2D eigenvalue weighted by atomic mass is 10.2. The molecule has 2 heterocycles. The van der Waals surface area contributed by atoms with Gasteiger partial charge in [-0.1, -0.05) is 34.1 Å². The molecule has 2 aromatic heterocycles. The van der Waals surface area contributed by atoms with Crippen LogP contribution in [0.25, 0.3) is 16.7 Å². The highest BCUT2D eigenvalue weighted by Gasteiger charge is 2.13. The second-order valence-electron chi connectivity index (χ2n) is 5.76. The molecule has 0 fully saturated rings. The summed E-state index contributed by atoms with van der Waals surface area (Å²) in [7, 11) is 1.61. The molecule has 0 unspecified atom stereocenters. The van der Waals surface area contributed by atoms with Crippen LogP contribution in [-0.2, 0) is 6.54 Å². The van der Waals surface area contributed by atoms with Gasteiger partial charge in [-0.2, -0.15) is 5.10 Å². The van der Waals surface area contributed by atoms with E-state index in [2.05, 4.69) is 26.0 Å². The van der Waals surface area contributed by atoms with Gasteiger partial charge in [-0.25, -0.2) is 9.67 Å². The summed E-state index contributed by atoms with van der Waals surface area (Å²) in [5.74, 6) is 0.722. The standard InChI is InChI=1S/C19H15BrN4O2/c1-26-17-8-7-14(20)9-13(17)11-23-12-21-18-16(19(23)25)10-22-24(18)15-5-3-2-4-6-15/h2-10,12H,11H2,1H3. The summed E-state index contributed by atoms with van der Waals surface area (Å²) >= 11 is 3.45. The Bertz CT molecular complexity index is 1140. The van der Waals surface area contributed by atoms with E-state index in [0.29, 0.717) is 17.6 Å². The van der Waals surface area contributed by atoms with Crippen LogP contribution in [0, 0.1) is 0 Å². The number of fused-ring (bicyclic) bond motifs is 1. The lowest BCUT2D eigenvalue weighted by Gasteiger charge is -2.11. The zero-order valence-electron chi connectivity index (χ0n) is 14.0. The van der Waals surface area contributed by atoms with Crippen molar-refractivity contribution in [2.75, 3.05) is 7.11 Å². The number of hydrogen-bond acceptors (Lipinski definition) is 4. The van der Waals surface area contributed by atoms with E-state index in [-0.39, 0.29) is 5.56 Å². The van der Waals surface area contributed by atoms with Gasteiger partial charge in [-0.3, -0.25) is 9.36 Å². The van der Waals surface area contributed by atoms with Gasteiger partial charge in [0.15, 0.2) is 5.65 Å². The number of hydrogen-bond donors (Lipinski definition) is 0. The summed E-state index contributed by atoms with van der Waals surface area (Å²) in [6.45, 7) is 0.362. The number of rotatable bonds is 4. The first kappa shape index (κ1) is 16.5. The molecule has 7 heteroatoms. The SMILES string of the molecule is COc1ccc(Br)cc1Cn1cnc2c(cnn2-c2ccccc2)c1=O. The largest absolute Gasteiger partial charge is 0.496 e. The van der Waals surface area contributed by atoms with Gasteiger partial charge in [-0.05, 0) is 30.3 Å². The van der Waals surface area contributed by atoms with Crippen molar-refractivity contribution in [1.82, 2.24) is 19.3 Å². The number of ether oxygens (including phenoxy) is 1. The lowest BCUT2D eigenvalue weighted by molar-refractivity contribution is 0.408. The normalized spacial score (nSPS) is 11.0. The minimum Gasteiger partial charge on any atom is -0.496 e. The Morgan fingerprint density at radius 1 is 1.15 bits per heavy atom. The Kier molecular flexibility index (Phi) is 4.30. The summed E-state index contributed by atoms with van der Waals surface area (Å²) < 4.78 is 9.54. The minimum absolute atomic E-state index is 0.140. The quantitative estimate of drug-likeness (QED) is 0.517. The first-order chi connectivity index (χ1) is 12.7. The first-order valence-electron chi connectivity index (χ1n) is 7.98. The van der Waals surface area contributed by atoms with Crippen molar-refractivity contribution in [3.8, 4) is 11.4 Å². The van der Waals surface area contributed by atoms with Crippen LogP contribution in [-0.4, -0.2) is 26.4 Å². The molecule has 0 bridgehead atoms. The van der Waals surface area contributed by atoms with Crippen molar-refractivity contribution < 1.29 is 4.74 Å². The highest BCUT2D eigenvalue weighted by atomic mass is 79.9. The fourth-order valence-electron chi connectivity index (χ4n) is 2.87. The Morgan fingerprint density at radius 2 is 1.96 bits per heavy atom. The average molecular weight is 411 g/mol. The van der Waals surface area contributed by atoms with E-state index in [9.17, 15) is 4.79 Å². The Labute approximate surface area is 157 Å². The van der Waals surface area contributed by atoms with Crippen LogP contribution >= 0.6 is 15.9 Å². The van der Waals surface area contributed by atoms with Crippen molar-refractivity contribution in [1.29, 1.82) is 0 Å². The molecule has 0 spiro atoms. The minimum atomic E-state index is -0.140. The zero-order valence-corrected chi connectivity index (χ0v) is 15.5. The predicted octanol–water partition coefficient (Wildman–Crippen LogP) is 3.40. The molecule has 0 radical (unpaired) electrons. The molecule has 0 aliphatic carbocycles. The van der Waals surface area contributed by atoms with Crippen LogP contribution < -0.4 is 10.3 Å². The van der Waals surface area contributed by atoms with Crippen LogP contribution in [0.1, 0.15) is 5.56 Å². The highest BCUT2D eigenvalue weighted by Crippen LogP contribution is 2.23. The monoisotopic (exact) mass is 410 g/mol. The van der Waals surface area contributed by atoms with Gasteiger partial charge in [0.25, 0.3) is 5.56 Å². The Morgan fingerprint density at radius 3 is 2.73 bits per heavy atom. The molecular formula is C19H15BrN4O2. The van der Waals surface area contributed by atoms with Gasteiger partial charge in [0, 0.05) is 10.0 Å². The van der Waals surface area contributed by atoms with Crippen LogP contribution in [0.2, 0.25) is 0 Å². The third kappa shape index (κ3) is 2.90. The van der Waals surface area contributed by atoms with Gasteiger partial charge >= 0.3 is 0 Å². The number of para-hydroxylation sites is 1. The third-order valence-corrected chi connectivity index (χ3v) is 4.63. The van der Waals surface area contributed by atoms with Gasteiger partial charge < -0.3 is 4.74 Å². The zero-order chi connectivity index (χ0) is 18.1. The van der Waals surface area contributed by atoms with Gasteiger partial charge in [0.05, 0.1) is 25.5 Å². The molecule has 6 nitrogen and oxygen atoms in total. The Balaban J connectivity index is 1.78. The fourth-order valence-corrected chi connectivity index (χ4v) is 3.28. The average Bonchev–Trinajstić information content (AvgIpc) is 3.10. The second kappa shape index (κ2) is 6.76. The molecule has 0 saturated heterocycles. The van der Waals surface area contributed by atoms with Crippen molar-refractivity contribution in [3.05, 3.63) is 81.4 Å². The molecular weight excluding hydrogens is 396 g/mol. The van der Waals surface area contributed by atoms with E-state index in [4.69, 9.17) is 4.74 Å². The molecule has 130 valence electrons. The summed E-state index contributed by atoms with van der Waals surface area (Å²) in [4.78, 5) is 17.3. The summed E-state index contributed by atoms with van der Waals surface area (Å²) in [6.07, 6.45) is 3.11. The van der Waals surface area contributed by atoms with E-state index < -0.39 is 0 Å². The van der Waals surface area contributed by atoms with Gasteiger partial charge in [0.1, 0.15) is 17.5 Å². The van der Waals surface area contributed by atoms with E-state index >= 15 is 0 Å². The fraction of sp³-hybridized carbons (Fsp3) is 0.105. The van der Waals surface area contributed by atoms with Crippen molar-refractivity contribution in [3.63, 3.8) is 0 Å². The maximum absolute atomic E-state index is 12.9.